The van der Waals surface area contributed by atoms with Gasteiger partial charge in [0.2, 0.25) is 0 Å². The van der Waals surface area contributed by atoms with Gasteiger partial charge in [0, 0.05) is 18.2 Å². The average molecular weight is 281 g/mol. The number of nitrogens with one attached hydrogen (secondary N) is 1. The second kappa shape index (κ2) is 5.86. The molecule has 0 aliphatic rings. The predicted octanol–water partition coefficient (Wildman–Crippen LogP) is 4.29. The van der Waals surface area contributed by atoms with Crippen molar-refractivity contribution in [2.45, 2.75) is 13.0 Å². The van der Waals surface area contributed by atoms with E-state index in [1.807, 2.05) is 6.07 Å². The van der Waals surface area contributed by atoms with Crippen molar-refractivity contribution in [1.29, 1.82) is 0 Å². The van der Waals surface area contributed by atoms with Crippen LogP contribution in [0.25, 0.3) is 0 Å². The molecule has 0 fully saturated rings. The summed E-state index contributed by atoms with van der Waals surface area (Å²) < 4.78 is 44.6. The first-order valence-electron chi connectivity index (χ1n) is 6.06. The lowest BCUT2D eigenvalue weighted by molar-refractivity contribution is 0.414. The van der Waals surface area contributed by atoms with Gasteiger partial charge in [0.25, 0.3) is 0 Å². The van der Waals surface area contributed by atoms with E-state index in [0.717, 1.165) is 11.6 Å². The average Bonchev–Trinajstić information content (AvgIpc) is 2.44. The van der Waals surface area contributed by atoms with Crippen molar-refractivity contribution in [3.8, 4) is 5.75 Å². The molecule has 1 atom stereocenters. The summed E-state index contributed by atoms with van der Waals surface area (Å²) in [4.78, 5) is 0. The Morgan fingerprint density at radius 3 is 2.40 bits per heavy atom. The molecule has 20 heavy (non-hydrogen) atoms. The predicted molar refractivity (Wildman–Crippen MR) is 71.3 cm³/mol. The summed E-state index contributed by atoms with van der Waals surface area (Å²) >= 11 is 0. The maximum atomic E-state index is 13.6. The van der Waals surface area contributed by atoms with Crippen LogP contribution in [-0.2, 0) is 0 Å². The largest absolute Gasteiger partial charge is 0.497 e. The van der Waals surface area contributed by atoms with Crippen LogP contribution >= 0.6 is 0 Å². The van der Waals surface area contributed by atoms with Gasteiger partial charge in [0.05, 0.1) is 12.8 Å². The highest BCUT2D eigenvalue weighted by Crippen LogP contribution is 2.25. The van der Waals surface area contributed by atoms with Crippen molar-refractivity contribution in [3.05, 3.63) is 59.4 Å². The molecule has 0 aliphatic heterocycles. The minimum Gasteiger partial charge on any atom is -0.497 e. The fraction of sp³-hybridized carbons (Fsp3) is 0.200. The van der Waals surface area contributed by atoms with E-state index in [9.17, 15) is 13.2 Å². The van der Waals surface area contributed by atoms with Crippen LogP contribution in [-0.4, -0.2) is 7.11 Å². The summed E-state index contributed by atoms with van der Waals surface area (Å²) in [5.74, 6) is -2.46. The minimum atomic E-state index is -1.21. The van der Waals surface area contributed by atoms with E-state index >= 15 is 0 Å². The second-order valence-electron chi connectivity index (χ2n) is 4.39. The number of ether oxygens (including phenoxy) is 1. The molecular weight excluding hydrogens is 267 g/mol. The molecular formula is C15H14F3NO. The molecule has 0 aromatic heterocycles. The molecule has 0 aliphatic carbocycles. The second-order valence-corrected chi connectivity index (χ2v) is 4.39. The van der Waals surface area contributed by atoms with Gasteiger partial charge in [-0.25, -0.2) is 13.2 Å². The van der Waals surface area contributed by atoms with E-state index in [2.05, 4.69) is 5.32 Å². The Morgan fingerprint density at radius 2 is 1.70 bits per heavy atom. The van der Waals surface area contributed by atoms with Crippen LogP contribution in [0.5, 0.6) is 5.75 Å². The summed E-state index contributed by atoms with van der Waals surface area (Å²) in [6, 6.07) is 8.25. The summed E-state index contributed by atoms with van der Waals surface area (Å²) in [7, 11) is 1.55. The molecule has 2 rings (SSSR count). The van der Waals surface area contributed by atoms with Crippen molar-refractivity contribution in [2.24, 2.45) is 0 Å². The number of benzene rings is 2. The topological polar surface area (TPSA) is 21.3 Å². The van der Waals surface area contributed by atoms with E-state index in [-0.39, 0.29) is 11.7 Å². The zero-order valence-electron chi connectivity index (χ0n) is 11.1. The molecule has 106 valence electrons. The quantitative estimate of drug-likeness (QED) is 0.844. The van der Waals surface area contributed by atoms with Gasteiger partial charge in [-0.2, -0.15) is 0 Å². The van der Waals surface area contributed by atoms with Crippen molar-refractivity contribution in [2.75, 3.05) is 12.4 Å². The van der Waals surface area contributed by atoms with E-state index in [0.29, 0.717) is 11.8 Å². The highest BCUT2D eigenvalue weighted by molar-refractivity contribution is 5.47. The molecule has 5 heteroatoms. The number of halogens is 3. The van der Waals surface area contributed by atoms with Gasteiger partial charge in [-0.1, -0.05) is 12.1 Å². The van der Waals surface area contributed by atoms with Crippen molar-refractivity contribution in [1.82, 2.24) is 0 Å². The summed E-state index contributed by atoms with van der Waals surface area (Å²) in [5.41, 5.74) is 0.757. The first-order chi connectivity index (χ1) is 9.51. The summed E-state index contributed by atoms with van der Waals surface area (Å²) in [5, 5.41) is 2.81. The van der Waals surface area contributed by atoms with Crippen LogP contribution in [0.4, 0.5) is 18.9 Å². The van der Waals surface area contributed by atoms with Crippen LogP contribution in [0.2, 0.25) is 0 Å². The third-order valence-electron chi connectivity index (χ3n) is 2.98. The maximum Gasteiger partial charge on any atom is 0.161 e. The van der Waals surface area contributed by atoms with Crippen LogP contribution in [0.3, 0.4) is 0 Å². The minimum absolute atomic E-state index is 0.0841. The number of hydrogen-bond acceptors (Lipinski definition) is 2. The molecule has 0 bridgehead atoms. The standard InChI is InChI=1S/C15H14F3NO/c1-9(10-4-3-5-11(6-10)20-2)19-15-8-13(17)12(16)7-14(15)18/h3-9,19H,1-2H3. The lowest BCUT2D eigenvalue weighted by atomic mass is 10.1. The van der Waals surface area contributed by atoms with E-state index < -0.39 is 17.5 Å². The Bertz CT molecular complexity index is 616. The smallest absolute Gasteiger partial charge is 0.161 e. The van der Waals surface area contributed by atoms with Crippen LogP contribution < -0.4 is 10.1 Å². The first kappa shape index (κ1) is 14.2. The Kier molecular flexibility index (Phi) is 4.17. The zero-order valence-corrected chi connectivity index (χ0v) is 11.1. The summed E-state index contributed by atoms with van der Waals surface area (Å²) in [6.45, 7) is 1.79. The van der Waals surface area contributed by atoms with Crippen LogP contribution in [0.1, 0.15) is 18.5 Å². The zero-order chi connectivity index (χ0) is 14.7. The summed E-state index contributed by atoms with van der Waals surface area (Å²) in [6.07, 6.45) is 0. The molecule has 1 unspecified atom stereocenters. The molecule has 2 nitrogen and oxygen atoms in total. The molecule has 0 saturated heterocycles. The fourth-order valence-corrected chi connectivity index (χ4v) is 1.86. The van der Waals surface area contributed by atoms with Gasteiger partial charge in [-0.3, -0.25) is 0 Å². The number of hydrogen-bond donors (Lipinski definition) is 1. The molecule has 2 aromatic carbocycles. The van der Waals surface area contributed by atoms with Gasteiger partial charge in [0.15, 0.2) is 11.6 Å². The maximum absolute atomic E-state index is 13.6. The number of rotatable bonds is 4. The van der Waals surface area contributed by atoms with Gasteiger partial charge in [-0.15, -0.1) is 0 Å². The van der Waals surface area contributed by atoms with Gasteiger partial charge in [0.1, 0.15) is 11.6 Å². The molecule has 2 aromatic rings. The fourth-order valence-electron chi connectivity index (χ4n) is 1.86. The van der Waals surface area contributed by atoms with Gasteiger partial charge >= 0.3 is 0 Å². The molecule has 0 saturated carbocycles. The Morgan fingerprint density at radius 1 is 1.00 bits per heavy atom. The molecule has 0 radical (unpaired) electrons. The van der Waals surface area contributed by atoms with E-state index in [1.54, 1.807) is 32.2 Å². The molecule has 1 N–H and O–H groups in total. The van der Waals surface area contributed by atoms with Gasteiger partial charge < -0.3 is 10.1 Å². The highest BCUT2D eigenvalue weighted by atomic mass is 19.2. The Balaban J connectivity index is 2.23. The van der Waals surface area contributed by atoms with E-state index in [4.69, 9.17) is 4.74 Å². The Hall–Kier alpha value is -2.17. The van der Waals surface area contributed by atoms with Crippen LogP contribution in [0.15, 0.2) is 36.4 Å². The van der Waals surface area contributed by atoms with Crippen LogP contribution in [0, 0.1) is 17.5 Å². The molecule has 0 heterocycles. The van der Waals surface area contributed by atoms with Crippen molar-refractivity contribution < 1.29 is 17.9 Å². The Labute approximate surface area is 115 Å². The molecule has 0 spiro atoms. The molecule has 0 amide bonds. The normalized spacial score (nSPS) is 12.1. The lowest BCUT2D eigenvalue weighted by Gasteiger charge is -2.17. The lowest BCUT2D eigenvalue weighted by Crippen LogP contribution is -2.09. The third kappa shape index (κ3) is 3.04. The van der Waals surface area contributed by atoms with Crippen molar-refractivity contribution in [3.63, 3.8) is 0 Å². The SMILES string of the molecule is COc1cccc(C(C)Nc2cc(F)c(F)cc2F)c1. The third-order valence-corrected chi connectivity index (χ3v) is 2.98. The number of methoxy groups -OCH3 is 1. The van der Waals surface area contributed by atoms with Crippen molar-refractivity contribution >= 4 is 5.69 Å². The number of anilines is 1. The first-order valence-corrected chi connectivity index (χ1v) is 6.06. The monoisotopic (exact) mass is 281 g/mol. The van der Waals surface area contributed by atoms with E-state index in [1.165, 1.54) is 0 Å². The highest BCUT2D eigenvalue weighted by Gasteiger charge is 2.13. The van der Waals surface area contributed by atoms with Gasteiger partial charge in [-0.05, 0) is 24.6 Å².